The molecule has 44 heavy (non-hydrogen) atoms. The van der Waals surface area contributed by atoms with E-state index in [1.807, 2.05) is 44.2 Å². The number of carbonyl (C=O) groups excluding carboxylic acids is 4. The van der Waals surface area contributed by atoms with Crippen molar-refractivity contribution in [3.63, 3.8) is 0 Å². The molecule has 0 heterocycles. The summed E-state index contributed by atoms with van der Waals surface area (Å²) in [6.45, 7) is 7.53. The molecule has 0 bridgehead atoms. The number of carbonyl (C=O) groups is 4. The number of alkyl carbamates (subject to hydrolysis) is 1. The molecule has 0 aromatic heterocycles. The van der Waals surface area contributed by atoms with Crippen molar-refractivity contribution in [2.75, 3.05) is 73.2 Å². The van der Waals surface area contributed by atoms with E-state index in [4.69, 9.17) is 28.4 Å². The van der Waals surface area contributed by atoms with Gasteiger partial charge in [0.15, 0.2) is 0 Å². The van der Waals surface area contributed by atoms with Gasteiger partial charge in [-0.25, -0.2) is 4.79 Å². The Morgan fingerprint density at radius 3 is 1.82 bits per heavy atom. The minimum absolute atomic E-state index is 0.00296. The van der Waals surface area contributed by atoms with E-state index in [0.29, 0.717) is 59.3 Å². The summed E-state index contributed by atoms with van der Waals surface area (Å²) in [5, 5.41) is 7.96. The van der Waals surface area contributed by atoms with Crippen molar-refractivity contribution in [1.82, 2.24) is 16.0 Å². The van der Waals surface area contributed by atoms with E-state index in [0.717, 1.165) is 18.4 Å². The molecule has 0 spiro atoms. The van der Waals surface area contributed by atoms with Gasteiger partial charge in [-0.3, -0.25) is 14.4 Å². The third kappa shape index (κ3) is 17.3. The zero-order valence-electron chi connectivity index (χ0n) is 26.2. The molecule has 3 N–H and O–H groups in total. The standard InChI is InChI=1S/C31H49N3O10/c1-23(2)21-27(34-31(38)44-20-19-43-18-17-42-16-15-41-14-13-40-12-11-39-3)29(36)33-26(22-24-7-5-4-6-8-24)28(35)30(37)32-25-9-10-25/h4-8,23,25-27H,9-22H2,1-3H3,(H,32,37)(H,33,36)(H,34,38)/t26-,27-/m0/s1. The van der Waals surface area contributed by atoms with E-state index in [-0.39, 0.29) is 31.6 Å². The minimum atomic E-state index is -1.08. The number of ether oxygens (including phenoxy) is 6. The van der Waals surface area contributed by atoms with Crippen LogP contribution in [-0.2, 0) is 49.2 Å². The smallest absolute Gasteiger partial charge is 0.407 e. The van der Waals surface area contributed by atoms with E-state index in [9.17, 15) is 19.2 Å². The van der Waals surface area contributed by atoms with E-state index >= 15 is 0 Å². The monoisotopic (exact) mass is 623 g/mol. The lowest BCUT2D eigenvalue weighted by Crippen LogP contribution is -2.55. The van der Waals surface area contributed by atoms with Crippen LogP contribution in [0.1, 0.15) is 38.7 Å². The van der Waals surface area contributed by atoms with Gasteiger partial charge < -0.3 is 44.4 Å². The molecule has 13 nitrogen and oxygen atoms in total. The summed E-state index contributed by atoms with van der Waals surface area (Å²) in [7, 11) is 1.62. The van der Waals surface area contributed by atoms with E-state index in [1.54, 1.807) is 7.11 Å². The molecule has 1 aliphatic carbocycles. The van der Waals surface area contributed by atoms with Crippen LogP contribution >= 0.6 is 0 Å². The summed E-state index contributed by atoms with van der Waals surface area (Å²) < 4.78 is 31.6. The number of methoxy groups -OCH3 is 1. The molecule has 13 heteroatoms. The Balaban J connectivity index is 1.70. The summed E-state index contributed by atoms with van der Waals surface area (Å²) in [6, 6.07) is 7.07. The number of hydrogen-bond donors (Lipinski definition) is 3. The van der Waals surface area contributed by atoms with Crippen molar-refractivity contribution in [1.29, 1.82) is 0 Å². The topological polar surface area (TPSA) is 160 Å². The maximum Gasteiger partial charge on any atom is 0.407 e. The highest BCUT2D eigenvalue weighted by atomic mass is 16.6. The molecule has 0 radical (unpaired) electrons. The Morgan fingerprint density at radius 2 is 1.30 bits per heavy atom. The van der Waals surface area contributed by atoms with Crippen LogP contribution in [0.25, 0.3) is 0 Å². The molecular formula is C31H49N3O10. The van der Waals surface area contributed by atoms with Crippen molar-refractivity contribution < 1.29 is 47.6 Å². The third-order valence-electron chi connectivity index (χ3n) is 6.38. The summed E-state index contributed by atoms with van der Waals surface area (Å²) in [5.41, 5.74) is 0.788. The third-order valence-corrected chi connectivity index (χ3v) is 6.38. The number of benzene rings is 1. The summed E-state index contributed by atoms with van der Waals surface area (Å²) in [4.78, 5) is 51.3. The molecule has 1 aliphatic rings. The Morgan fingerprint density at radius 1 is 0.750 bits per heavy atom. The number of nitrogens with one attached hydrogen (secondary N) is 3. The maximum atomic E-state index is 13.3. The molecule has 3 amide bonds. The molecule has 0 unspecified atom stereocenters. The number of rotatable bonds is 25. The maximum absolute atomic E-state index is 13.3. The summed E-state index contributed by atoms with van der Waals surface area (Å²) >= 11 is 0. The first kappa shape index (κ1) is 37.1. The highest BCUT2D eigenvalue weighted by molar-refractivity contribution is 6.38. The van der Waals surface area contributed by atoms with Gasteiger partial charge in [0.05, 0.1) is 59.5 Å². The Kier molecular flexibility index (Phi) is 18.9. The molecule has 0 saturated heterocycles. The second kappa shape index (κ2) is 22.4. The molecule has 2 rings (SSSR count). The number of Topliss-reactive ketones (excluding diaryl/α,β-unsaturated/α-hetero) is 1. The van der Waals surface area contributed by atoms with Crippen LogP contribution in [0.4, 0.5) is 4.79 Å². The van der Waals surface area contributed by atoms with Crippen LogP contribution in [0.2, 0.25) is 0 Å². The average Bonchev–Trinajstić information content (AvgIpc) is 3.82. The van der Waals surface area contributed by atoms with Crippen LogP contribution in [0, 0.1) is 5.92 Å². The average molecular weight is 624 g/mol. The second-order valence-electron chi connectivity index (χ2n) is 10.8. The minimum Gasteiger partial charge on any atom is -0.447 e. The predicted molar refractivity (Wildman–Crippen MR) is 161 cm³/mol. The SMILES string of the molecule is COCCOCCOCCOCCOCCOC(=O)N[C@@H](CC(C)C)C(=O)N[C@@H](Cc1ccccc1)C(=O)C(=O)NC1CC1. The van der Waals surface area contributed by atoms with Gasteiger partial charge in [-0.2, -0.15) is 0 Å². The van der Waals surface area contributed by atoms with Gasteiger partial charge in [0.25, 0.3) is 5.91 Å². The quantitative estimate of drug-likeness (QED) is 0.107. The van der Waals surface area contributed by atoms with Crippen LogP contribution in [0.5, 0.6) is 0 Å². The lowest BCUT2D eigenvalue weighted by Gasteiger charge is -2.23. The number of hydrogen-bond acceptors (Lipinski definition) is 10. The van der Waals surface area contributed by atoms with E-state index < -0.39 is 35.8 Å². The number of ketones is 1. The molecule has 1 aromatic carbocycles. The molecule has 2 atom stereocenters. The molecule has 248 valence electrons. The fraction of sp³-hybridized carbons (Fsp3) is 0.677. The first-order valence-corrected chi connectivity index (χ1v) is 15.2. The van der Waals surface area contributed by atoms with Crippen LogP contribution in [0.15, 0.2) is 30.3 Å². The van der Waals surface area contributed by atoms with Gasteiger partial charge in [0, 0.05) is 19.6 Å². The predicted octanol–water partition coefficient (Wildman–Crippen LogP) is 1.42. The van der Waals surface area contributed by atoms with Crippen molar-refractivity contribution in [2.24, 2.45) is 5.92 Å². The van der Waals surface area contributed by atoms with Crippen LogP contribution in [-0.4, -0.2) is 115 Å². The van der Waals surface area contributed by atoms with Gasteiger partial charge in [-0.1, -0.05) is 44.2 Å². The van der Waals surface area contributed by atoms with Crippen LogP contribution < -0.4 is 16.0 Å². The fourth-order valence-electron chi connectivity index (χ4n) is 3.96. The first-order chi connectivity index (χ1) is 21.3. The van der Waals surface area contributed by atoms with Gasteiger partial charge >= 0.3 is 6.09 Å². The van der Waals surface area contributed by atoms with Gasteiger partial charge in [0.1, 0.15) is 18.7 Å². The van der Waals surface area contributed by atoms with Crippen molar-refractivity contribution in [3.05, 3.63) is 35.9 Å². The van der Waals surface area contributed by atoms with Gasteiger partial charge in [-0.15, -0.1) is 0 Å². The summed E-state index contributed by atoms with van der Waals surface area (Å²) in [5.74, 6) is -1.97. The first-order valence-electron chi connectivity index (χ1n) is 15.2. The Labute approximate surface area is 260 Å². The zero-order chi connectivity index (χ0) is 32.0. The molecule has 1 saturated carbocycles. The van der Waals surface area contributed by atoms with E-state index in [1.165, 1.54) is 0 Å². The highest BCUT2D eigenvalue weighted by Gasteiger charge is 2.33. The number of amides is 3. The summed E-state index contributed by atoms with van der Waals surface area (Å²) in [6.07, 6.45) is 1.32. The van der Waals surface area contributed by atoms with Gasteiger partial charge in [0.2, 0.25) is 11.7 Å². The lowest BCUT2D eigenvalue weighted by molar-refractivity contribution is -0.140. The van der Waals surface area contributed by atoms with Crippen molar-refractivity contribution in [2.45, 2.75) is 57.7 Å². The second-order valence-corrected chi connectivity index (χ2v) is 10.8. The van der Waals surface area contributed by atoms with E-state index in [2.05, 4.69) is 16.0 Å². The van der Waals surface area contributed by atoms with Crippen molar-refractivity contribution in [3.8, 4) is 0 Å². The Hall–Kier alpha value is -3.10. The van der Waals surface area contributed by atoms with Crippen LogP contribution in [0.3, 0.4) is 0 Å². The zero-order valence-corrected chi connectivity index (χ0v) is 26.2. The molecule has 1 aromatic rings. The highest BCUT2D eigenvalue weighted by Crippen LogP contribution is 2.18. The van der Waals surface area contributed by atoms with Crippen molar-refractivity contribution >= 4 is 23.7 Å². The fourth-order valence-corrected chi connectivity index (χ4v) is 3.96. The normalized spacial score (nSPS) is 14.1. The molecule has 1 fully saturated rings. The van der Waals surface area contributed by atoms with Gasteiger partial charge in [-0.05, 0) is 30.7 Å². The molecular weight excluding hydrogens is 574 g/mol. The Bertz CT molecular complexity index is 975. The lowest BCUT2D eigenvalue weighted by atomic mass is 9.99. The largest absolute Gasteiger partial charge is 0.447 e. The molecule has 0 aliphatic heterocycles.